The van der Waals surface area contributed by atoms with Gasteiger partial charge in [0.25, 0.3) is 0 Å². The van der Waals surface area contributed by atoms with Gasteiger partial charge >= 0.3 is 0 Å². The van der Waals surface area contributed by atoms with Crippen molar-refractivity contribution < 1.29 is 13.2 Å². The zero-order valence-corrected chi connectivity index (χ0v) is 9.00. The zero-order valence-electron chi connectivity index (χ0n) is 8.19. The largest absolute Gasteiger partial charge is 0.381 e. The van der Waals surface area contributed by atoms with Gasteiger partial charge in [-0.3, -0.25) is 0 Å². The fraction of sp³-hybridized carbons (Fsp3) is 1.00. The smallest absolute Gasteiger partial charge is 0.150 e. The van der Waals surface area contributed by atoms with E-state index in [2.05, 4.69) is 0 Å². The van der Waals surface area contributed by atoms with E-state index in [1.54, 1.807) is 0 Å². The fourth-order valence-electron chi connectivity index (χ4n) is 2.42. The summed E-state index contributed by atoms with van der Waals surface area (Å²) in [5.74, 6) is 1.13. The Labute approximate surface area is 84.7 Å². The minimum Gasteiger partial charge on any atom is -0.381 e. The highest BCUT2D eigenvalue weighted by molar-refractivity contribution is 7.91. The van der Waals surface area contributed by atoms with Gasteiger partial charge in [-0.1, -0.05) is 0 Å². The van der Waals surface area contributed by atoms with Crippen LogP contribution in [0.5, 0.6) is 0 Å². The highest BCUT2D eigenvalue weighted by Crippen LogP contribution is 2.30. The van der Waals surface area contributed by atoms with E-state index in [0.717, 1.165) is 19.4 Å². The van der Waals surface area contributed by atoms with Crippen LogP contribution >= 0.6 is 0 Å². The first-order valence-electron chi connectivity index (χ1n) is 5.12. The van der Waals surface area contributed by atoms with Crippen LogP contribution in [0.25, 0.3) is 0 Å². The summed E-state index contributed by atoms with van der Waals surface area (Å²) in [6.45, 7) is 1.36. The number of ether oxygens (including phenoxy) is 1. The minimum absolute atomic E-state index is 0.127. The van der Waals surface area contributed by atoms with Gasteiger partial charge in [0.1, 0.15) is 0 Å². The minimum atomic E-state index is -2.78. The van der Waals surface area contributed by atoms with E-state index in [1.807, 2.05) is 0 Å². The summed E-state index contributed by atoms with van der Waals surface area (Å²) < 4.78 is 28.0. The summed E-state index contributed by atoms with van der Waals surface area (Å²) >= 11 is 0. The molecule has 0 radical (unpaired) electrons. The number of sulfone groups is 1. The van der Waals surface area contributed by atoms with Gasteiger partial charge in [-0.25, -0.2) is 8.42 Å². The quantitative estimate of drug-likeness (QED) is 0.662. The third-order valence-corrected chi connectivity index (χ3v) is 5.12. The molecule has 2 heterocycles. The second-order valence-electron chi connectivity index (χ2n) is 4.35. The van der Waals surface area contributed by atoms with Crippen LogP contribution in [0.1, 0.15) is 12.8 Å². The van der Waals surface area contributed by atoms with E-state index in [-0.39, 0.29) is 17.9 Å². The van der Waals surface area contributed by atoms with Crippen LogP contribution in [0.4, 0.5) is 0 Å². The lowest BCUT2D eigenvalue weighted by atomic mass is 9.84. The van der Waals surface area contributed by atoms with Crippen molar-refractivity contribution in [1.82, 2.24) is 0 Å². The Hall–Kier alpha value is -0.130. The predicted molar refractivity (Wildman–Crippen MR) is 53.7 cm³/mol. The standard InChI is InChI=1S/C9H17NO3S/c10-9-1-3-13-5-8(9)7-2-4-14(11,12)6-7/h7-9H,1-6,10H2. The highest BCUT2D eigenvalue weighted by atomic mass is 32.2. The van der Waals surface area contributed by atoms with Gasteiger partial charge in [0.2, 0.25) is 0 Å². The summed E-state index contributed by atoms with van der Waals surface area (Å²) in [4.78, 5) is 0. The SMILES string of the molecule is NC1CCOCC1C1CCS(=O)(=O)C1. The predicted octanol–water partition coefficient (Wildman–Crippen LogP) is -0.215. The zero-order chi connectivity index (χ0) is 10.2. The van der Waals surface area contributed by atoms with Crippen LogP contribution in [0.2, 0.25) is 0 Å². The average Bonchev–Trinajstić information content (AvgIpc) is 2.47. The van der Waals surface area contributed by atoms with Gasteiger partial charge in [0.05, 0.1) is 18.1 Å². The molecule has 4 nitrogen and oxygen atoms in total. The van der Waals surface area contributed by atoms with Gasteiger partial charge < -0.3 is 10.5 Å². The maximum absolute atomic E-state index is 11.3. The molecule has 0 saturated carbocycles. The number of rotatable bonds is 1. The Kier molecular flexibility index (Phi) is 2.81. The lowest BCUT2D eigenvalue weighted by molar-refractivity contribution is 0.0220. The molecular formula is C9H17NO3S. The van der Waals surface area contributed by atoms with Gasteiger partial charge in [-0.2, -0.15) is 0 Å². The van der Waals surface area contributed by atoms with Crippen molar-refractivity contribution in [1.29, 1.82) is 0 Å². The van der Waals surface area contributed by atoms with Crippen LogP contribution in [-0.2, 0) is 14.6 Å². The lowest BCUT2D eigenvalue weighted by Gasteiger charge is -2.32. The molecule has 3 unspecified atom stereocenters. The van der Waals surface area contributed by atoms with Gasteiger partial charge in [0, 0.05) is 18.6 Å². The first-order chi connectivity index (χ1) is 6.58. The van der Waals surface area contributed by atoms with E-state index < -0.39 is 9.84 Å². The second kappa shape index (κ2) is 3.79. The summed E-state index contributed by atoms with van der Waals surface area (Å²) in [6.07, 6.45) is 1.63. The molecule has 2 aliphatic heterocycles. The number of nitrogens with two attached hydrogens (primary N) is 1. The molecule has 2 rings (SSSR count). The molecule has 0 aliphatic carbocycles. The first-order valence-corrected chi connectivity index (χ1v) is 6.94. The number of hydrogen-bond acceptors (Lipinski definition) is 4. The maximum Gasteiger partial charge on any atom is 0.150 e. The van der Waals surface area contributed by atoms with Crippen molar-refractivity contribution in [2.75, 3.05) is 24.7 Å². The third-order valence-electron chi connectivity index (χ3n) is 3.33. The van der Waals surface area contributed by atoms with E-state index >= 15 is 0 Å². The second-order valence-corrected chi connectivity index (χ2v) is 6.58. The summed E-state index contributed by atoms with van der Waals surface area (Å²) in [7, 11) is -2.78. The summed E-state index contributed by atoms with van der Waals surface area (Å²) in [6, 6.07) is 0.127. The summed E-state index contributed by atoms with van der Waals surface area (Å²) in [5.41, 5.74) is 5.97. The van der Waals surface area contributed by atoms with Crippen molar-refractivity contribution >= 4 is 9.84 Å². The monoisotopic (exact) mass is 219 g/mol. The van der Waals surface area contributed by atoms with Gasteiger partial charge in [-0.15, -0.1) is 0 Å². The topological polar surface area (TPSA) is 69.4 Å². The molecule has 2 aliphatic rings. The molecule has 2 N–H and O–H groups in total. The molecule has 0 amide bonds. The lowest BCUT2D eigenvalue weighted by Crippen LogP contribution is -2.43. The summed E-state index contributed by atoms with van der Waals surface area (Å²) in [5, 5.41) is 0. The van der Waals surface area contributed by atoms with Crippen molar-refractivity contribution in [3.63, 3.8) is 0 Å². The van der Waals surface area contributed by atoms with Gasteiger partial charge in [0.15, 0.2) is 9.84 Å². The van der Waals surface area contributed by atoms with E-state index in [9.17, 15) is 8.42 Å². The molecule has 0 aromatic carbocycles. The molecule has 14 heavy (non-hydrogen) atoms. The van der Waals surface area contributed by atoms with Crippen LogP contribution in [0, 0.1) is 11.8 Å². The Morgan fingerprint density at radius 1 is 1.29 bits per heavy atom. The molecule has 0 bridgehead atoms. The number of hydrogen-bond donors (Lipinski definition) is 1. The fourth-order valence-corrected chi connectivity index (χ4v) is 4.32. The van der Waals surface area contributed by atoms with E-state index in [4.69, 9.17) is 10.5 Å². The molecule has 82 valence electrons. The normalized spacial score (nSPS) is 42.5. The molecule has 2 saturated heterocycles. The molecule has 0 aromatic heterocycles. The van der Waals surface area contributed by atoms with Crippen LogP contribution < -0.4 is 5.73 Å². The first kappa shape index (κ1) is 10.4. The van der Waals surface area contributed by atoms with Crippen LogP contribution in [0.15, 0.2) is 0 Å². The maximum atomic E-state index is 11.3. The van der Waals surface area contributed by atoms with Crippen LogP contribution in [0.3, 0.4) is 0 Å². The molecular weight excluding hydrogens is 202 g/mol. The average molecular weight is 219 g/mol. The highest BCUT2D eigenvalue weighted by Gasteiger charge is 2.37. The van der Waals surface area contributed by atoms with Crippen LogP contribution in [-0.4, -0.2) is 39.2 Å². The molecule has 3 atom stereocenters. The van der Waals surface area contributed by atoms with Crippen molar-refractivity contribution in [2.45, 2.75) is 18.9 Å². The Morgan fingerprint density at radius 3 is 2.64 bits per heavy atom. The van der Waals surface area contributed by atoms with Crippen molar-refractivity contribution in [2.24, 2.45) is 17.6 Å². The molecule has 0 spiro atoms. The van der Waals surface area contributed by atoms with E-state index in [0.29, 0.717) is 18.1 Å². The Bertz CT molecular complexity index is 301. The Balaban J connectivity index is 2.01. The van der Waals surface area contributed by atoms with Crippen molar-refractivity contribution in [3.05, 3.63) is 0 Å². The molecule has 0 aromatic rings. The third kappa shape index (κ3) is 2.10. The van der Waals surface area contributed by atoms with Crippen molar-refractivity contribution in [3.8, 4) is 0 Å². The van der Waals surface area contributed by atoms with E-state index in [1.165, 1.54) is 0 Å². The molecule has 5 heteroatoms. The van der Waals surface area contributed by atoms with Gasteiger partial charge in [-0.05, 0) is 18.8 Å². The molecule has 2 fully saturated rings. The Morgan fingerprint density at radius 2 is 2.07 bits per heavy atom.